The van der Waals surface area contributed by atoms with E-state index < -0.39 is 14.4 Å². The lowest BCUT2D eigenvalue weighted by molar-refractivity contribution is 0.181. The monoisotopic (exact) mass is 292 g/mol. The lowest BCUT2D eigenvalue weighted by Crippen LogP contribution is -2.40. The normalized spacial score (nSPS) is 14.7. The minimum Gasteiger partial charge on any atom is -0.413 e. The second-order valence-electron chi connectivity index (χ2n) is 6.70. The van der Waals surface area contributed by atoms with Gasteiger partial charge in [-0.05, 0) is 30.1 Å². The van der Waals surface area contributed by atoms with Crippen molar-refractivity contribution in [3.05, 3.63) is 48.0 Å². The van der Waals surface area contributed by atoms with Crippen molar-refractivity contribution in [2.24, 2.45) is 0 Å². The Morgan fingerprint density at radius 2 is 1.75 bits per heavy atom. The summed E-state index contributed by atoms with van der Waals surface area (Å²) in [5.74, 6) is 0. The third-order valence-electron chi connectivity index (χ3n) is 4.06. The van der Waals surface area contributed by atoms with E-state index in [0.717, 1.165) is 5.56 Å². The van der Waals surface area contributed by atoms with E-state index in [1.54, 1.807) is 0 Å². The fraction of sp³-hybridized carbons (Fsp3) is 0.529. The van der Waals surface area contributed by atoms with Gasteiger partial charge in [0.2, 0.25) is 0 Å². The van der Waals surface area contributed by atoms with Gasteiger partial charge in [-0.2, -0.15) is 0 Å². The molecule has 0 saturated heterocycles. The molecule has 1 N–H and O–H groups in total. The van der Waals surface area contributed by atoms with E-state index in [4.69, 9.17) is 4.43 Å². The van der Waals surface area contributed by atoms with Gasteiger partial charge in [-0.15, -0.1) is 0 Å². The number of rotatable bonds is 6. The Kier molecular flexibility index (Phi) is 6.18. The van der Waals surface area contributed by atoms with E-state index in [2.05, 4.69) is 33.9 Å². The highest BCUT2D eigenvalue weighted by atomic mass is 28.4. The smallest absolute Gasteiger partial charge is 0.192 e. The molecule has 3 heteroatoms. The standard InChI is InChI=1S/C17H28O2Si/c1-17(2,3)20(4,5)19-14-10-9-13-16(18)15-11-7-6-8-12-15/h6-12,16,18H,13-14H2,1-5H3/b10-9+. The summed E-state index contributed by atoms with van der Waals surface area (Å²) in [6, 6.07) is 9.75. The van der Waals surface area contributed by atoms with E-state index in [-0.39, 0.29) is 5.04 Å². The second kappa shape index (κ2) is 7.20. The zero-order chi connectivity index (χ0) is 15.2. The van der Waals surface area contributed by atoms with Crippen molar-refractivity contribution in [3.8, 4) is 0 Å². The second-order valence-corrected chi connectivity index (χ2v) is 11.5. The van der Waals surface area contributed by atoms with Crippen LogP contribution in [0.3, 0.4) is 0 Å². The van der Waals surface area contributed by atoms with E-state index in [1.807, 2.05) is 42.5 Å². The van der Waals surface area contributed by atoms with Crippen LogP contribution in [0.4, 0.5) is 0 Å². The van der Waals surface area contributed by atoms with Gasteiger partial charge in [0.1, 0.15) is 0 Å². The minimum atomic E-state index is -1.66. The van der Waals surface area contributed by atoms with Crippen molar-refractivity contribution in [3.63, 3.8) is 0 Å². The Labute approximate surface area is 124 Å². The molecule has 0 aliphatic rings. The summed E-state index contributed by atoms with van der Waals surface area (Å²) in [6.07, 6.45) is 4.22. The van der Waals surface area contributed by atoms with Crippen molar-refractivity contribution < 1.29 is 9.53 Å². The Morgan fingerprint density at radius 1 is 1.15 bits per heavy atom. The van der Waals surface area contributed by atoms with Gasteiger partial charge in [0.25, 0.3) is 0 Å². The van der Waals surface area contributed by atoms with Crippen molar-refractivity contribution in [2.75, 3.05) is 6.61 Å². The maximum Gasteiger partial charge on any atom is 0.192 e. The van der Waals surface area contributed by atoms with E-state index in [9.17, 15) is 5.11 Å². The fourth-order valence-electron chi connectivity index (χ4n) is 1.58. The summed E-state index contributed by atoms with van der Waals surface area (Å²) in [5, 5.41) is 10.3. The first-order valence-corrected chi connectivity index (χ1v) is 10.2. The van der Waals surface area contributed by atoms with Crippen molar-refractivity contribution >= 4 is 8.32 Å². The Bertz CT molecular complexity index is 418. The molecule has 0 amide bonds. The van der Waals surface area contributed by atoms with Crippen LogP contribution in [0.5, 0.6) is 0 Å². The van der Waals surface area contributed by atoms with Crippen LogP contribution in [0.2, 0.25) is 18.1 Å². The molecular formula is C17H28O2Si. The van der Waals surface area contributed by atoms with Crippen molar-refractivity contribution in [1.29, 1.82) is 0 Å². The summed E-state index contributed by atoms with van der Waals surface area (Å²) < 4.78 is 6.05. The molecule has 20 heavy (non-hydrogen) atoms. The van der Waals surface area contributed by atoms with Crippen LogP contribution in [0.25, 0.3) is 0 Å². The topological polar surface area (TPSA) is 29.5 Å². The first-order chi connectivity index (χ1) is 9.24. The first-order valence-electron chi connectivity index (χ1n) is 7.26. The van der Waals surface area contributed by atoms with E-state index >= 15 is 0 Å². The molecule has 0 aliphatic carbocycles. The molecule has 1 rings (SSSR count). The molecule has 1 unspecified atom stereocenters. The fourth-order valence-corrected chi connectivity index (χ4v) is 2.52. The number of benzene rings is 1. The average Bonchev–Trinajstić information content (AvgIpc) is 2.37. The van der Waals surface area contributed by atoms with Gasteiger partial charge in [-0.3, -0.25) is 0 Å². The highest BCUT2D eigenvalue weighted by Gasteiger charge is 2.36. The molecule has 0 bridgehead atoms. The maximum absolute atomic E-state index is 10.0. The summed E-state index contributed by atoms with van der Waals surface area (Å²) in [4.78, 5) is 0. The van der Waals surface area contributed by atoms with Crippen molar-refractivity contribution in [2.45, 2.75) is 51.4 Å². The number of hydrogen-bond acceptors (Lipinski definition) is 2. The van der Waals surface area contributed by atoms with Crippen LogP contribution in [-0.4, -0.2) is 20.0 Å². The number of aliphatic hydroxyl groups excluding tert-OH is 1. The lowest BCUT2D eigenvalue weighted by atomic mass is 10.1. The molecule has 0 aliphatic heterocycles. The largest absolute Gasteiger partial charge is 0.413 e. The quantitative estimate of drug-likeness (QED) is 0.609. The summed E-state index contributed by atoms with van der Waals surface area (Å²) in [5.41, 5.74) is 0.961. The summed E-state index contributed by atoms with van der Waals surface area (Å²) in [6.45, 7) is 11.9. The molecule has 0 saturated carbocycles. The third-order valence-corrected chi connectivity index (χ3v) is 8.56. The average molecular weight is 292 g/mol. The third kappa shape index (κ3) is 5.23. The molecule has 1 aromatic carbocycles. The van der Waals surface area contributed by atoms with Crippen LogP contribution in [0, 0.1) is 0 Å². The highest BCUT2D eigenvalue weighted by Crippen LogP contribution is 2.36. The number of aliphatic hydroxyl groups is 1. The van der Waals surface area contributed by atoms with Crippen LogP contribution >= 0.6 is 0 Å². The van der Waals surface area contributed by atoms with Crippen LogP contribution in [-0.2, 0) is 4.43 Å². The predicted octanol–water partition coefficient (Wildman–Crippen LogP) is 4.69. The molecule has 0 spiro atoms. The van der Waals surface area contributed by atoms with Gasteiger partial charge in [0.15, 0.2) is 8.32 Å². The maximum atomic E-state index is 10.0. The summed E-state index contributed by atoms with van der Waals surface area (Å²) in [7, 11) is -1.66. The predicted molar refractivity (Wildman–Crippen MR) is 88.3 cm³/mol. The van der Waals surface area contributed by atoms with E-state index in [1.165, 1.54) is 0 Å². The van der Waals surface area contributed by atoms with Gasteiger partial charge >= 0.3 is 0 Å². The van der Waals surface area contributed by atoms with Gasteiger partial charge in [-0.1, -0.05) is 63.3 Å². The van der Waals surface area contributed by atoms with Crippen LogP contribution < -0.4 is 0 Å². The van der Waals surface area contributed by atoms with Gasteiger partial charge < -0.3 is 9.53 Å². The Hall–Kier alpha value is -0.903. The minimum absolute atomic E-state index is 0.240. The SMILES string of the molecule is CC(C)(C)[Si](C)(C)OC/C=C/CC(O)c1ccccc1. The molecule has 1 atom stereocenters. The molecule has 0 heterocycles. The molecule has 2 nitrogen and oxygen atoms in total. The molecular weight excluding hydrogens is 264 g/mol. The van der Waals surface area contributed by atoms with Crippen LogP contribution in [0.15, 0.2) is 42.5 Å². The van der Waals surface area contributed by atoms with Crippen molar-refractivity contribution in [1.82, 2.24) is 0 Å². The lowest BCUT2D eigenvalue weighted by Gasteiger charge is -2.35. The molecule has 0 radical (unpaired) electrons. The van der Waals surface area contributed by atoms with E-state index in [0.29, 0.717) is 13.0 Å². The molecule has 1 aromatic rings. The van der Waals surface area contributed by atoms with Crippen LogP contribution in [0.1, 0.15) is 38.9 Å². The molecule has 112 valence electrons. The zero-order valence-corrected chi connectivity index (χ0v) is 14.4. The van der Waals surface area contributed by atoms with Gasteiger partial charge in [-0.25, -0.2) is 0 Å². The van der Waals surface area contributed by atoms with Gasteiger partial charge in [0.05, 0.1) is 12.7 Å². The Balaban J connectivity index is 2.36. The Morgan fingerprint density at radius 3 is 2.30 bits per heavy atom. The molecule has 0 fully saturated rings. The highest BCUT2D eigenvalue weighted by molar-refractivity contribution is 6.74. The molecule has 0 aromatic heterocycles. The summed E-state index contributed by atoms with van der Waals surface area (Å²) >= 11 is 0. The zero-order valence-electron chi connectivity index (χ0n) is 13.4. The number of hydrogen-bond donors (Lipinski definition) is 1. The van der Waals surface area contributed by atoms with Gasteiger partial charge in [0, 0.05) is 0 Å². The first kappa shape index (κ1) is 17.1.